The molecule has 0 aliphatic carbocycles. The Labute approximate surface area is 172 Å². The molecule has 164 valence electrons. The lowest BCUT2D eigenvalue weighted by molar-refractivity contribution is -0.127. The summed E-state index contributed by atoms with van der Waals surface area (Å²) in [6, 6.07) is 6.37. The Hall–Kier alpha value is -3.43. The molecule has 0 aliphatic heterocycles. The Balaban J connectivity index is 1.80. The largest absolute Gasteiger partial charge is 0.475 e. The lowest BCUT2D eigenvalue weighted by Crippen LogP contribution is -2.36. The van der Waals surface area contributed by atoms with Gasteiger partial charge in [0.1, 0.15) is 5.58 Å². The predicted molar refractivity (Wildman–Crippen MR) is 100 cm³/mol. The summed E-state index contributed by atoms with van der Waals surface area (Å²) in [5.74, 6) is -13.5. The van der Waals surface area contributed by atoms with Gasteiger partial charge < -0.3 is 14.5 Å². The van der Waals surface area contributed by atoms with Crippen molar-refractivity contribution in [1.82, 2.24) is 5.32 Å². The zero-order chi connectivity index (χ0) is 22.9. The van der Waals surface area contributed by atoms with Crippen LogP contribution in [0.4, 0.5) is 22.0 Å². The highest BCUT2D eigenvalue weighted by Gasteiger charge is 2.29. The molecule has 5 nitrogen and oxygen atoms in total. The van der Waals surface area contributed by atoms with Crippen LogP contribution < -0.4 is 15.7 Å². The number of benzene rings is 2. The molecule has 3 aromatic rings. The van der Waals surface area contributed by atoms with Gasteiger partial charge in [-0.3, -0.25) is 4.79 Å². The fourth-order valence-corrected chi connectivity index (χ4v) is 2.89. The standard InChI is InChI=1S/C21H16F5NO4/c1-3-10-4-5-13-12(6-10)11(7-14(28)31-13)8-27-21(29)9(2)30-20-18(25)16(23)15(22)17(24)19(20)26/h4-7,9H,3,8H2,1-2H3,(H,27,29). The number of hydrogen-bond donors (Lipinski definition) is 1. The van der Waals surface area contributed by atoms with Crippen LogP contribution in [0, 0.1) is 29.1 Å². The molecule has 0 radical (unpaired) electrons. The third-order valence-electron chi connectivity index (χ3n) is 4.59. The SMILES string of the molecule is CCc1ccc2oc(=O)cc(CNC(=O)C(C)Oc3c(F)c(F)c(F)c(F)c3F)c2c1. The van der Waals surface area contributed by atoms with Crippen molar-refractivity contribution in [2.75, 3.05) is 0 Å². The van der Waals surface area contributed by atoms with E-state index in [0.29, 0.717) is 23.0 Å². The van der Waals surface area contributed by atoms with Gasteiger partial charge in [0.2, 0.25) is 29.1 Å². The maximum atomic E-state index is 13.7. The summed E-state index contributed by atoms with van der Waals surface area (Å²) in [6.45, 7) is 2.83. The van der Waals surface area contributed by atoms with Crippen LogP contribution in [0.2, 0.25) is 0 Å². The van der Waals surface area contributed by atoms with Crippen molar-refractivity contribution >= 4 is 16.9 Å². The van der Waals surface area contributed by atoms with Gasteiger partial charge in [0.05, 0.1) is 0 Å². The van der Waals surface area contributed by atoms with Crippen molar-refractivity contribution < 1.29 is 35.9 Å². The van der Waals surface area contributed by atoms with Gasteiger partial charge in [-0.25, -0.2) is 18.0 Å². The Morgan fingerprint density at radius 2 is 1.65 bits per heavy atom. The summed E-state index contributed by atoms with van der Waals surface area (Å²) in [6.07, 6.45) is -0.890. The normalized spacial score (nSPS) is 12.1. The second-order valence-corrected chi connectivity index (χ2v) is 6.65. The lowest BCUT2D eigenvalue weighted by Gasteiger charge is -2.16. The number of rotatable bonds is 6. The number of carbonyl (C=O) groups excluding carboxylic acids is 1. The Morgan fingerprint density at radius 1 is 1.03 bits per heavy atom. The van der Waals surface area contributed by atoms with Gasteiger partial charge in [-0.1, -0.05) is 13.0 Å². The van der Waals surface area contributed by atoms with Crippen LogP contribution in [0.25, 0.3) is 11.0 Å². The first-order chi connectivity index (χ1) is 14.6. The Morgan fingerprint density at radius 3 is 2.26 bits per heavy atom. The molecule has 0 fully saturated rings. The first-order valence-electron chi connectivity index (χ1n) is 9.15. The summed E-state index contributed by atoms with van der Waals surface area (Å²) in [4.78, 5) is 24.0. The van der Waals surface area contributed by atoms with E-state index in [1.807, 2.05) is 6.92 Å². The predicted octanol–water partition coefficient (Wildman–Crippen LogP) is 4.13. The van der Waals surface area contributed by atoms with Gasteiger partial charge in [0.25, 0.3) is 5.91 Å². The third kappa shape index (κ3) is 4.37. The maximum absolute atomic E-state index is 13.7. The highest BCUT2D eigenvalue weighted by molar-refractivity contribution is 5.83. The smallest absolute Gasteiger partial charge is 0.336 e. The monoisotopic (exact) mass is 441 g/mol. The molecule has 0 saturated heterocycles. The second kappa shape index (κ2) is 8.75. The van der Waals surface area contributed by atoms with Crippen molar-refractivity contribution in [2.45, 2.75) is 32.9 Å². The second-order valence-electron chi connectivity index (χ2n) is 6.65. The van der Waals surface area contributed by atoms with Crippen LogP contribution >= 0.6 is 0 Å². The minimum Gasteiger partial charge on any atom is -0.475 e. The number of amides is 1. The van der Waals surface area contributed by atoms with E-state index in [1.54, 1.807) is 18.2 Å². The summed E-state index contributed by atoms with van der Waals surface area (Å²) < 4.78 is 77.0. The fourth-order valence-electron chi connectivity index (χ4n) is 2.89. The average Bonchev–Trinajstić information content (AvgIpc) is 2.76. The number of hydrogen-bond acceptors (Lipinski definition) is 4. The molecule has 2 aromatic carbocycles. The third-order valence-corrected chi connectivity index (χ3v) is 4.59. The van der Waals surface area contributed by atoms with Crippen LogP contribution in [0.15, 0.2) is 33.5 Å². The summed E-state index contributed by atoms with van der Waals surface area (Å²) in [5.41, 5.74) is 1.03. The Kier molecular flexibility index (Phi) is 6.28. The van der Waals surface area contributed by atoms with Gasteiger partial charge in [0, 0.05) is 18.0 Å². The molecule has 1 atom stereocenters. The van der Waals surface area contributed by atoms with Crippen molar-refractivity contribution in [1.29, 1.82) is 0 Å². The summed E-state index contributed by atoms with van der Waals surface area (Å²) >= 11 is 0. The van der Waals surface area contributed by atoms with Crippen molar-refractivity contribution in [2.24, 2.45) is 0 Å². The number of nitrogens with one attached hydrogen (secondary N) is 1. The topological polar surface area (TPSA) is 68.5 Å². The maximum Gasteiger partial charge on any atom is 0.336 e. The highest BCUT2D eigenvalue weighted by atomic mass is 19.2. The Bertz CT molecular complexity index is 1200. The van der Waals surface area contributed by atoms with Crippen molar-refractivity contribution in [3.05, 3.63) is 74.9 Å². The highest BCUT2D eigenvalue weighted by Crippen LogP contribution is 2.30. The van der Waals surface area contributed by atoms with Crippen LogP contribution in [0.5, 0.6) is 5.75 Å². The van der Waals surface area contributed by atoms with Gasteiger partial charge in [-0.15, -0.1) is 0 Å². The summed E-state index contributed by atoms with van der Waals surface area (Å²) in [5, 5.41) is 2.98. The van der Waals surface area contributed by atoms with Crippen LogP contribution in [0.1, 0.15) is 25.0 Å². The van der Waals surface area contributed by atoms with E-state index in [9.17, 15) is 31.5 Å². The fraction of sp³-hybridized carbons (Fsp3) is 0.238. The molecular formula is C21H16F5NO4. The lowest BCUT2D eigenvalue weighted by atomic mass is 10.1. The first kappa shape index (κ1) is 22.3. The number of ether oxygens (including phenoxy) is 1. The molecule has 0 spiro atoms. The van der Waals surface area contributed by atoms with E-state index >= 15 is 0 Å². The van der Waals surface area contributed by atoms with Crippen LogP contribution in [-0.4, -0.2) is 12.0 Å². The van der Waals surface area contributed by atoms with Gasteiger partial charge in [0.15, 0.2) is 11.9 Å². The van der Waals surface area contributed by atoms with E-state index in [1.165, 1.54) is 6.07 Å². The van der Waals surface area contributed by atoms with Crippen LogP contribution in [0.3, 0.4) is 0 Å². The molecule has 1 amide bonds. The molecule has 1 unspecified atom stereocenters. The molecule has 0 saturated carbocycles. The van der Waals surface area contributed by atoms with E-state index < -0.39 is 52.5 Å². The summed E-state index contributed by atoms with van der Waals surface area (Å²) in [7, 11) is 0. The zero-order valence-corrected chi connectivity index (χ0v) is 16.3. The molecule has 0 bridgehead atoms. The molecule has 1 aromatic heterocycles. The van der Waals surface area contributed by atoms with Gasteiger partial charge in [-0.05, 0) is 36.6 Å². The van der Waals surface area contributed by atoms with Gasteiger partial charge >= 0.3 is 5.63 Å². The number of carbonyl (C=O) groups is 1. The quantitative estimate of drug-likeness (QED) is 0.270. The van der Waals surface area contributed by atoms with E-state index in [-0.39, 0.29) is 6.54 Å². The zero-order valence-electron chi connectivity index (χ0n) is 16.3. The molecular weight excluding hydrogens is 425 g/mol. The van der Waals surface area contributed by atoms with E-state index in [2.05, 4.69) is 5.32 Å². The number of aryl methyl sites for hydroxylation is 1. The molecule has 0 aliphatic rings. The van der Waals surface area contributed by atoms with Crippen molar-refractivity contribution in [3.63, 3.8) is 0 Å². The molecule has 31 heavy (non-hydrogen) atoms. The van der Waals surface area contributed by atoms with Gasteiger partial charge in [-0.2, -0.15) is 8.78 Å². The van der Waals surface area contributed by atoms with Crippen molar-refractivity contribution in [3.8, 4) is 5.75 Å². The first-order valence-corrected chi connectivity index (χ1v) is 9.15. The minimum absolute atomic E-state index is 0.168. The minimum atomic E-state index is -2.33. The number of halogens is 5. The molecule has 1 heterocycles. The average molecular weight is 441 g/mol. The number of fused-ring (bicyclic) bond motifs is 1. The molecule has 10 heteroatoms. The van der Waals surface area contributed by atoms with Crippen LogP contribution in [-0.2, 0) is 17.8 Å². The van der Waals surface area contributed by atoms with E-state index in [4.69, 9.17) is 9.15 Å². The molecule has 1 N–H and O–H groups in total. The van der Waals surface area contributed by atoms with E-state index in [0.717, 1.165) is 12.5 Å². The molecule has 3 rings (SSSR count).